The van der Waals surface area contributed by atoms with Gasteiger partial charge in [0.25, 0.3) is 0 Å². The van der Waals surface area contributed by atoms with Gasteiger partial charge in [-0.1, -0.05) is 32.4 Å². The molecule has 1 aromatic heterocycles. The van der Waals surface area contributed by atoms with Crippen molar-refractivity contribution in [3.05, 3.63) is 48.0 Å². The highest BCUT2D eigenvalue weighted by atomic mass is 35.5. The molecule has 0 aliphatic heterocycles. The van der Waals surface area contributed by atoms with Crippen molar-refractivity contribution in [3.8, 4) is 0 Å². The summed E-state index contributed by atoms with van der Waals surface area (Å²) in [6, 6.07) is 3.07. The lowest BCUT2D eigenvalue weighted by atomic mass is 9.45. The summed E-state index contributed by atoms with van der Waals surface area (Å²) in [4.78, 5) is 37.7. The van der Waals surface area contributed by atoms with E-state index in [1.165, 1.54) is 18.4 Å². The third-order valence-corrected chi connectivity index (χ3v) is 10.9. The van der Waals surface area contributed by atoms with Crippen molar-refractivity contribution in [2.75, 3.05) is 5.88 Å². The highest BCUT2D eigenvalue weighted by Crippen LogP contribution is 2.72. The van der Waals surface area contributed by atoms with Crippen LogP contribution in [0, 0.1) is 28.6 Å². The molecule has 0 spiro atoms. The van der Waals surface area contributed by atoms with Crippen LogP contribution in [0.5, 0.6) is 0 Å². The Kier molecular flexibility index (Phi) is 5.71. The van der Waals surface area contributed by atoms with Crippen LogP contribution in [0.25, 0.3) is 0 Å². The van der Waals surface area contributed by atoms with Crippen LogP contribution in [-0.2, 0) is 14.3 Å². The van der Waals surface area contributed by atoms with Crippen LogP contribution in [0.4, 0.5) is 0 Å². The van der Waals surface area contributed by atoms with E-state index in [2.05, 4.69) is 0 Å². The third kappa shape index (κ3) is 3.02. The monoisotopic (exact) mass is 520 g/mol. The molecule has 1 heterocycles. The zero-order valence-electron chi connectivity index (χ0n) is 20.1. The second-order valence-corrected chi connectivity index (χ2v) is 12.0. The zero-order valence-corrected chi connectivity index (χ0v) is 21.6. The fourth-order valence-electron chi connectivity index (χ4n) is 8.09. The molecule has 1 aromatic rings. The molecule has 4 aliphatic carbocycles. The third-order valence-electron chi connectivity index (χ3n) is 9.69. The first-order valence-corrected chi connectivity index (χ1v) is 13.0. The standard InChI is InChI=1S/C27H30Cl2O6/c1-15-11-19-18-7-6-16-12-17(30)8-9-24(16,2)26(18,29)21(31)13-25(19,3)27(15,22(32)14-28)35-23(33)20-5-4-10-34-20/h4-5,8-10,12,15,18-19,21,31H,6-7,11,13-14H2,1-3H3/t15-,18+,19+,21?,24+,25+,26?,27+/m1/s1. The molecule has 8 heteroatoms. The fourth-order valence-corrected chi connectivity index (χ4v) is 8.81. The van der Waals surface area contributed by atoms with E-state index in [1.54, 1.807) is 12.1 Å². The number of furan rings is 1. The van der Waals surface area contributed by atoms with Gasteiger partial charge >= 0.3 is 5.97 Å². The van der Waals surface area contributed by atoms with E-state index in [-0.39, 0.29) is 47.4 Å². The quantitative estimate of drug-likeness (QED) is 0.449. The molecule has 0 amide bonds. The molecule has 0 radical (unpaired) electrons. The second kappa shape index (κ2) is 8.06. The molecule has 2 unspecified atom stereocenters. The lowest BCUT2D eigenvalue weighted by molar-refractivity contribution is -0.177. The second-order valence-electron chi connectivity index (χ2n) is 11.1. The van der Waals surface area contributed by atoms with Gasteiger partial charge in [0, 0.05) is 16.7 Å². The summed E-state index contributed by atoms with van der Waals surface area (Å²) in [5.74, 6) is -2.12. The molecule has 6 nitrogen and oxygen atoms in total. The van der Waals surface area contributed by atoms with Crippen molar-refractivity contribution >= 4 is 40.7 Å². The van der Waals surface area contributed by atoms with Crippen LogP contribution in [0.3, 0.4) is 0 Å². The molecule has 3 fully saturated rings. The van der Waals surface area contributed by atoms with E-state index < -0.39 is 33.4 Å². The smallest absolute Gasteiger partial charge is 0.375 e. The van der Waals surface area contributed by atoms with E-state index in [4.69, 9.17) is 32.4 Å². The van der Waals surface area contributed by atoms with Gasteiger partial charge in [-0.2, -0.15) is 0 Å². The summed E-state index contributed by atoms with van der Waals surface area (Å²) in [5, 5.41) is 11.8. The maximum Gasteiger partial charge on any atom is 0.375 e. The van der Waals surface area contributed by atoms with Crippen LogP contribution < -0.4 is 0 Å². The molecule has 1 N–H and O–H groups in total. The first-order chi connectivity index (χ1) is 16.5. The van der Waals surface area contributed by atoms with Crippen LogP contribution in [0.2, 0.25) is 0 Å². The Labute approximate surface area is 214 Å². The molecule has 8 atom stereocenters. The summed E-state index contributed by atoms with van der Waals surface area (Å²) in [6.07, 6.45) is 7.44. The minimum atomic E-state index is -1.53. The van der Waals surface area contributed by atoms with Crippen LogP contribution in [0.15, 0.2) is 46.6 Å². The molecule has 4 aliphatic rings. The number of hydrogen-bond donors (Lipinski definition) is 1. The van der Waals surface area contributed by atoms with Crippen LogP contribution >= 0.6 is 23.2 Å². The van der Waals surface area contributed by atoms with Crippen LogP contribution in [-0.4, -0.2) is 45.1 Å². The Bertz CT molecular complexity index is 1140. The van der Waals surface area contributed by atoms with Crippen molar-refractivity contribution < 1.29 is 28.6 Å². The fraction of sp³-hybridized carbons (Fsp3) is 0.593. The van der Waals surface area contributed by atoms with Crippen molar-refractivity contribution in [1.82, 2.24) is 0 Å². The Hall–Kier alpha value is -1.89. The molecule has 35 heavy (non-hydrogen) atoms. The minimum Gasteiger partial charge on any atom is -0.457 e. The number of alkyl halides is 2. The predicted molar refractivity (Wildman–Crippen MR) is 130 cm³/mol. The predicted octanol–water partition coefficient (Wildman–Crippen LogP) is 4.87. The van der Waals surface area contributed by atoms with Gasteiger partial charge in [-0.15, -0.1) is 23.2 Å². The van der Waals surface area contributed by atoms with E-state index >= 15 is 0 Å². The van der Waals surface area contributed by atoms with E-state index in [0.717, 1.165) is 5.57 Å². The molecule has 188 valence electrons. The average molecular weight is 521 g/mol. The number of carbonyl (C=O) groups is 3. The number of esters is 1. The lowest BCUT2D eigenvalue weighted by Gasteiger charge is -2.64. The van der Waals surface area contributed by atoms with Crippen molar-refractivity contribution in [2.45, 2.75) is 63.0 Å². The van der Waals surface area contributed by atoms with Crippen molar-refractivity contribution in [2.24, 2.45) is 28.6 Å². The van der Waals surface area contributed by atoms with Gasteiger partial charge in [0.1, 0.15) is 0 Å². The number of fused-ring (bicyclic) bond motifs is 5. The topological polar surface area (TPSA) is 93.8 Å². The van der Waals surface area contributed by atoms with Crippen molar-refractivity contribution in [1.29, 1.82) is 0 Å². The molecule has 0 bridgehead atoms. The van der Waals surface area contributed by atoms with E-state index in [0.29, 0.717) is 19.3 Å². The number of hydrogen-bond acceptors (Lipinski definition) is 6. The SMILES string of the molecule is C[C@@H]1C[C@H]2[C@@H]3CCC4=CC(=O)C=C[C@]4(C)C3(Cl)C(O)C[C@]2(C)[C@@]1(OC(=O)c1ccco1)C(=O)CCl. The maximum atomic E-state index is 13.6. The van der Waals surface area contributed by atoms with Gasteiger partial charge in [0.15, 0.2) is 17.2 Å². The largest absolute Gasteiger partial charge is 0.457 e. The van der Waals surface area contributed by atoms with Gasteiger partial charge in [-0.3, -0.25) is 9.59 Å². The van der Waals surface area contributed by atoms with Crippen LogP contribution in [0.1, 0.15) is 57.0 Å². The first kappa shape index (κ1) is 24.8. The number of halogens is 2. The highest BCUT2D eigenvalue weighted by Gasteiger charge is 2.76. The highest BCUT2D eigenvalue weighted by molar-refractivity contribution is 6.29. The van der Waals surface area contributed by atoms with Gasteiger partial charge in [-0.25, -0.2) is 4.79 Å². The van der Waals surface area contributed by atoms with Gasteiger partial charge in [0.05, 0.1) is 23.1 Å². The van der Waals surface area contributed by atoms with E-state index in [1.807, 2.05) is 26.8 Å². The lowest BCUT2D eigenvalue weighted by Crippen LogP contribution is -2.69. The Balaban J connectivity index is 1.61. The molecular formula is C27H30Cl2O6. The maximum absolute atomic E-state index is 13.6. The van der Waals surface area contributed by atoms with E-state index in [9.17, 15) is 19.5 Å². The summed E-state index contributed by atoms with van der Waals surface area (Å²) in [7, 11) is 0. The number of rotatable bonds is 4. The van der Waals surface area contributed by atoms with Gasteiger partial charge in [-0.05, 0) is 61.8 Å². The summed E-state index contributed by atoms with van der Waals surface area (Å²) in [5.41, 5.74) is -2.20. The molecular weight excluding hydrogens is 491 g/mol. The number of carbonyl (C=O) groups excluding carboxylic acids is 3. The zero-order chi connectivity index (χ0) is 25.4. The number of aliphatic hydroxyl groups excluding tert-OH is 1. The summed E-state index contributed by atoms with van der Waals surface area (Å²) < 4.78 is 11.3. The van der Waals surface area contributed by atoms with Crippen molar-refractivity contribution in [3.63, 3.8) is 0 Å². The Morgan fingerprint density at radius 2 is 2.03 bits per heavy atom. The Morgan fingerprint density at radius 3 is 2.69 bits per heavy atom. The number of ether oxygens (including phenoxy) is 1. The number of Topliss-reactive ketones (excluding diaryl/α,β-unsaturated/α-hetero) is 1. The number of ketones is 2. The number of allylic oxidation sites excluding steroid dienone is 4. The molecule has 5 rings (SSSR count). The Morgan fingerprint density at radius 1 is 1.29 bits per heavy atom. The summed E-state index contributed by atoms with van der Waals surface area (Å²) in [6.45, 7) is 5.81. The summed E-state index contributed by atoms with van der Waals surface area (Å²) >= 11 is 13.6. The van der Waals surface area contributed by atoms with Gasteiger partial charge in [0.2, 0.25) is 5.76 Å². The van der Waals surface area contributed by atoms with Gasteiger partial charge < -0.3 is 14.3 Å². The molecule has 0 saturated heterocycles. The number of aliphatic hydroxyl groups is 1. The molecule has 3 saturated carbocycles. The normalized spacial score (nSPS) is 44.2. The minimum absolute atomic E-state index is 0.00557. The first-order valence-electron chi connectivity index (χ1n) is 12.1. The average Bonchev–Trinajstić information content (AvgIpc) is 3.42. The molecule has 0 aromatic carbocycles.